The Labute approximate surface area is 132 Å². The van der Waals surface area contributed by atoms with Gasteiger partial charge in [0.25, 0.3) is 0 Å². The SMILES string of the molecule is COc1ccc(Nc2nccn3c(-c4ccco4)cnc23)cc1. The van der Waals surface area contributed by atoms with E-state index in [1.807, 2.05) is 47.0 Å². The van der Waals surface area contributed by atoms with Crippen molar-refractivity contribution in [3.63, 3.8) is 0 Å². The van der Waals surface area contributed by atoms with Gasteiger partial charge < -0.3 is 14.5 Å². The van der Waals surface area contributed by atoms with Crippen LogP contribution in [0.4, 0.5) is 11.5 Å². The molecule has 0 saturated heterocycles. The van der Waals surface area contributed by atoms with Crippen LogP contribution in [0.2, 0.25) is 0 Å². The zero-order chi connectivity index (χ0) is 15.6. The number of methoxy groups -OCH3 is 1. The second kappa shape index (κ2) is 5.49. The summed E-state index contributed by atoms with van der Waals surface area (Å²) >= 11 is 0. The van der Waals surface area contributed by atoms with Crippen LogP contribution in [0.1, 0.15) is 0 Å². The smallest absolute Gasteiger partial charge is 0.181 e. The van der Waals surface area contributed by atoms with Crippen LogP contribution in [0.15, 0.2) is 65.7 Å². The van der Waals surface area contributed by atoms with Crippen LogP contribution in [0.3, 0.4) is 0 Å². The Hall–Kier alpha value is -3.28. The summed E-state index contributed by atoms with van der Waals surface area (Å²) in [5.74, 6) is 2.25. The van der Waals surface area contributed by atoms with Crippen molar-refractivity contribution in [2.24, 2.45) is 0 Å². The van der Waals surface area contributed by atoms with Crippen LogP contribution in [-0.4, -0.2) is 21.5 Å². The minimum absolute atomic E-state index is 0.676. The zero-order valence-corrected chi connectivity index (χ0v) is 12.4. The molecule has 0 spiro atoms. The molecule has 0 atom stereocenters. The van der Waals surface area contributed by atoms with Crippen LogP contribution < -0.4 is 10.1 Å². The number of hydrogen-bond donors (Lipinski definition) is 1. The van der Waals surface area contributed by atoms with Crippen LogP contribution in [0.25, 0.3) is 17.1 Å². The van der Waals surface area contributed by atoms with E-state index >= 15 is 0 Å². The third-order valence-electron chi connectivity index (χ3n) is 3.55. The molecule has 1 aromatic carbocycles. The van der Waals surface area contributed by atoms with Crippen molar-refractivity contribution in [1.82, 2.24) is 14.4 Å². The van der Waals surface area contributed by atoms with Crippen LogP contribution >= 0.6 is 0 Å². The van der Waals surface area contributed by atoms with E-state index in [2.05, 4.69) is 15.3 Å². The fraction of sp³-hybridized carbons (Fsp3) is 0.0588. The van der Waals surface area contributed by atoms with Gasteiger partial charge in [-0.2, -0.15) is 0 Å². The molecule has 6 nitrogen and oxygen atoms in total. The van der Waals surface area contributed by atoms with E-state index in [9.17, 15) is 0 Å². The number of rotatable bonds is 4. The third kappa shape index (κ3) is 2.40. The maximum Gasteiger partial charge on any atom is 0.181 e. The summed E-state index contributed by atoms with van der Waals surface area (Å²) in [4.78, 5) is 8.84. The molecule has 4 aromatic rings. The number of benzene rings is 1. The Kier molecular flexibility index (Phi) is 3.20. The highest BCUT2D eigenvalue weighted by Crippen LogP contribution is 2.25. The molecule has 3 heterocycles. The summed E-state index contributed by atoms with van der Waals surface area (Å²) in [6.45, 7) is 0. The lowest BCUT2D eigenvalue weighted by Gasteiger charge is -2.08. The van der Waals surface area contributed by atoms with Gasteiger partial charge in [-0.3, -0.25) is 4.40 Å². The zero-order valence-electron chi connectivity index (χ0n) is 12.4. The molecule has 3 aromatic heterocycles. The van der Waals surface area contributed by atoms with Crippen LogP contribution in [0, 0.1) is 0 Å². The van der Waals surface area contributed by atoms with Gasteiger partial charge in [-0.1, -0.05) is 0 Å². The Morgan fingerprint density at radius 2 is 2.00 bits per heavy atom. The topological polar surface area (TPSA) is 64.6 Å². The average molecular weight is 306 g/mol. The second-order valence-corrected chi connectivity index (χ2v) is 4.94. The normalized spacial score (nSPS) is 10.8. The van der Waals surface area contributed by atoms with Gasteiger partial charge >= 0.3 is 0 Å². The molecular formula is C17H14N4O2. The van der Waals surface area contributed by atoms with Gasteiger partial charge in [-0.25, -0.2) is 9.97 Å². The summed E-state index contributed by atoms with van der Waals surface area (Å²) in [5, 5.41) is 3.28. The lowest BCUT2D eigenvalue weighted by atomic mass is 10.3. The predicted octanol–water partition coefficient (Wildman–Crippen LogP) is 3.74. The Morgan fingerprint density at radius 3 is 2.74 bits per heavy atom. The van der Waals surface area contributed by atoms with Crippen molar-refractivity contribution in [3.8, 4) is 17.2 Å². The molecule has 0 aliphatic rings. The van der Waals surface area contributed by atoms with E-state index in [1.165, 1.54) is 0 Å². The van der Waals surface area contributed by atoms with E-state index in [0.717, 1.165) is 28.5 Å². The number of anilines is 2. The van der Waals surface area contributed by atoms with Gasteiger partial charge in [0, 0.05) is 18.1 Å². The van der Waals surface area contributed by atoms with Gasteiger partial charge in [-0.15, -0.1) is 0 Å². The monoisotopic (exact) mass is 306 g/mol. The standard InChI is InChI=1S/C17H14N4O2/c1-22-13-6-4-12(5-7-13)20-16-17-19-11-14(15-3-2-10-23-15)21(17)9-8-18-16/h2-11H,1H3,(H,18,20). The highest BCUT2D eigenvalue weighted by molar-refractivity contribution is 5.73. The highest BCUT2D eigenvalue weighted by Gasteiger charge is 2.12. The second-order valence-electron chi connectivity index (χ2n) is 4.94. The van der Waals surface area contributed by atoms with Crippen molar-refractivity contribution in [2.45, 2.75) is 0 Å². The fourth-order valence-electron chi connectivity index (χ4n) is 2.43. The number of furan rings is 1. The summed E-state index contributed by atoms with van der Waals surface area (Å²) < 4.78 is 12.6. The Morgan fingerprint density at radius 1 is 1.13 bits per heavy atom. The number of hydrogen-bond acceptors (Lipinski definition) is 5. The summed E-state index contributed by atoms with van der Waals surface area (Å²) in [7, 11) is 1.64. The Balaban J connectivity index is 1.73. The average Bonchev–Trinajstić information content (AvgIpc) is 3.25. The van der Waals surface area contributed by atoms with E-state index in [0.29, 0.717) is 5.82 Å². The first kappa shape index (κ1) is 13.4. The summed E-state index contributed by atoms with van der Waals surface area (Å²) in [6.07, 6.45) is 7.01. The molecule has 6 heteroatoms. The minimum atomic E-state index is 0.676. The number of nitrogens with zero attached hydrogens (tertiary/aromatic N) is 3. The predicted molar refractivity (Wildman–Crippen MR) is 87.0 cm³/mol. The number of fused-ring (bicyclic) bond motifs is 1. The van der Waals surface area contributed by atoms with Crippen molar-refractivity contribution < 1.29 is 9.15 Å². The van der Waals surface area contributed by atoms with Gasteiger partial charge in [0.2, 0.25) is 0 Å². The molecule has 0 saturated carbocycles. The molecule has 0 unspecified atom stereocenters. The molecule has 114 valence electrons. The highest BCUT2D eigenvalue weighted by atomic mass is 16.5. The van der Waals surface area contributed by atoms with E-state index in [-0.39, 0.29) is 0 Å². The quantitative estimate of drug-likeness (QED) is 0.622. The first-order chi connectivity index (χ1) is 11.3. The maximum absolute atomic E-state index is 5.45. The number of nitrogens with one attached hydrogen (secondary N) is 1. The van der Waals surface area contributed by atoms with Gasteiger partial charge in [-0.05, 0) is 36.4 Å². The number of imidazole rings is 1. The molecule has 0 aliphatic carbocycles. The van der Waals surface area contributed by atoms with Crippen molar-refractivity contribution in [1.29, 1.82) is 0 Å². The maximum atomic E-state index is 5.45. The molecule has 0 radical (unpaired) electrons. The lowest BCUT2D eigenvalue weighted by molar-refractivity contribution is 0.415. The molecule has 4 rings (SSSR count). The van der Waals surface area contributed by atoms with E-state index in [4.69, 9.17) is 9.15 Å². The van der Waals surface area contributed by atoms with Crippen LogP contribution in [0.5, 0.6) is 5.75 Å². The summed E-state index contributed by atoms with van der Waals surface area (Å²) in [6, 6.07) is 11.4. The lowest BCUT2D eigenvalue weighted by Crippen LogP contribution is -1.98. The number of aromatic nitrogens is 3. The number of ether oxygens (including phenoxy) is 1. The first-order valence-electron chi connectivity index (χ1n) is 7.12. The van der Waals surface area contributed by atoms with Crippen molar-refractivity contribution in [2.75, 3.05) is 12.4 Å². The van der Waals surface area contributed by atoms with Crippen molar-refractivity contribution >= 4 is 17.2 Å². The summed E-state index contributed by atoms with van der Waals surface area (Å²) in [5.41, 5.74) is 2.52. The van der Waals surface area contributed by atoms with Gasteiger partial charge in [0.1, 0.15) is 11.4 Å². The molecule has 0 aliphatic heterocycles. The van der Waals surface area contributed by atoms with E-state index in [1.54, 1.807) is 25.8 Å². The largest absolute Gasteiger partial charge is 0.497 e. The fourth-order valence-corrected chi connectivity index (χ4v) is 2.43. The molecule has 0 amide bonds. The van der Waals surface area contributed by atoms with E-state index < -0.39 is 0 Å². The molecule has 1 N–H and O–H groups in total. The van der Waals surface area contributed by atoms with Gasteiger partial charge in [0.15, 0.2) is 17.2 Å². The van der Waals surface area contributed by atoms with Crippen molar-refractivity contribution in [3.05, 3.63) is 61.3 Å². The van der Waals surface area contributed by atoms with Crippen LogP contribution in [-0.2, 0) is 0 Å². The minimum Gasteiger partial charge on any atom is -0.497 e. The third-order valence-corrected chi connectivity index (χ3v) is 3.55. The molecule has 0 fully saturated rings. The first-order valence-corrected chi connectivity index (χ1v) is 7.12. The molecular weight excluding hydrogens is 292 g/mol. The molecule has 0 bridgehead atoms. The van der Waals surface area contributed by atoms with Gasteiger partial charge in [0.05, 0.1) is 19.6 Å². The Bertz CT molecular complexity index is 927. The molecule has 23 heavy (non-hydrogen) atoms.